The number of carboxylic acid groups (broad SMARTS) is 1. The smallest absolute Gasteiger partial charge is 0.354 e. The largest absolute Gasteiger partial charge is 0.477 e. The number of aromatic nitrogens is 2. The van der Waals surface area contributed by atoms with Crippen molar-refractivity contribution in [3.8, 4) is 5.69 Å². The Morgan fingerprint density at radius 3 is 2.39 bits per heavy atom. The molecule has 4 heteroatoms. The van der Waals surface area contributed by atoms with Crippen molar-refractivity contribution in [1.29, 1.82) is 0 Å². The van der Waals surface area contributed by atoms with Gasteiger partial charge in [-0.15, -0.1) is 0 Å². The molecule has 0 amide bonds. The molecule has 0 saturated heterocycles. The number of benzene rings is 1. The number of aromatic carboxylic acids is 1. The first-order valence-corrected chi connectivity index (χ1v) is 5.88. The van der Waals surface area contributed by atoms with Crippen LogP contribution < -0.4 is 0 Å². The lowest BCUT2D eigenvalue weighted by Gasteiger charge is -2.09. The molecule has 0 aliphatic rings. The molecule has 2 rings (SSSR count). The van der Waals surface area contributed by atoms with Crippen molar-refractivity contribution in [3.05, 3.63) is 47.5 Å². The van der Waals surface area contributed by atoms with Crippen LogP contribution in [0.25, 0.3) is 5.69 Å². The lowest BCUT2D eigenvalue weighted by Crippen LogP contribution is -2.07. The van der Waals surface area contributed by atoms with Gasteiger partial charge >= 0.3 is 5.97 Å². The van der Waals surface area contributed by atoms with Crippen LogP contribution in [0.3, 0.4) is 0 Å². The molecule has 2 aromatic rings. The van der Waals surface area contributed by atoms with Gasteiger partial charge in [0.05, 0.1) is 5.69 Å². The Balaban J connectivity index is 2.46. The molecule has 1 N–H and O–H groups in total. The van der Waals surface area contributed by atoms with Crippen LogP contribution in [0.4, 0.5) is 0 Å². The molecule has 0 bridgehead atoms. The summed E-state index contributed by atoms with van der Waals surface area (Å²) in [4.78, 5) is 15.2. The molecule has 0 atom stereocenters. The molecule has 0 saturated carbocycles. The fourth-order valence-electron chi connectivity index (χ4n) is 1.91. The third-order valence-corrected chi connectivity index (χ3v) is 2.99. The van der Waals surface area contributed by atoms with Crippen molar-refractivity contribution in [2.75, 3.05) is 0 Å². The number of aryl methyl sites for hydroxylation is 1. The van der Waals surface area contributed by atoms with Gasteiger partial charge in [0.25, 0.3) is 0 Å². The maximum absolute atomic E-state index is 11.2. The zero-order valence-electron chi connectivity index (χ0n) is 10.7. The lowest BCUT2D eigenvalue weighted by molar-refractivity contribution is 0.0687. The average molecular weight is 244 g/mol. The Kier molecular flexibility index (Phi) is 3.19. The molecular weight excluding hydrogens is 228 g/mol. The molecule has 0 unspecified atom stereocenters. The standard InChI is InChI=1S/C14H16N2O2/c1-9(2)11-4-6-12(7-5-11)16-8-15-10(3)13(16)14(17)18/h4-9H,1-3H3,(H,17,18). The van der Waals surface area contributed by atoms with Crippen molar-refractivity contribution in [2.45, 2.75) is 26.7 Å². The zero-order chi connectivity index (χ0) is 13.3. The third-order valence-electron chi connectivity index (χ3n) is 2.99. The van der Waals surface area contributed by atoms with E-state index in [9.17, 15) is 9.90 Å². The fraction of sp³-hybridized carbons (Fsp3) is 0.286. The van der Waals surface area contributed by atoms with Gasteiger partial charge in [-0.05, 0) is 30.5 Å². The highest BCUT2D eigenvalue weighted by Gasteiger charge is 2.15. The Bertz CT molecular complexity index is 568. The number of nitrogens with zero attached hydrogens (tertiary/aromatic N) is 2. The quantitative estimate of drug-likeness (QED) is 0.903. The summed E-state index contributed by atoms with van der Waals surface area (Å²) < 4.78 is 1.60. The fourth-order valence-corrected chi connectivity index (χ4v) is 1.91. The summed E-state index contributed by atoms with van der Waals surface area (Å²) in [5, 5.41) is 9.18. The van der Waals surface area contributed by atoms with E-state index in [-0.39, 0.29) is 5.69 Å². The topological polar surface area (TPSA) is 55.1 Å². The second kappa shape index (κ2) is 4.64. The Morgan fingerprint density at radius 1 is 1.28 bits per heavy atom. The second-order valence-corrected chi connectivity index (χ2v) is 4.60. The predicted octanol–water partition coefficient (Wildman–Crippen LogP) is 3.00. The molecule has 94 valence electrons. The molecule has 1 aromatic heterocycles. The summed E-state index contributed by atoms with van der Waals surface area (Å²) in [6.45, 7) is 5.94. The van der Waals surface area contributed by atoms with Gasteiger partial charge in [-0.25, -0.2) is 9.78 Å². The molecule has 0 aliphatic heterocycles. The minimum atomic E-state index is -0.960. The maximum Gasteiger partial charge on any atom is 0.354 e. The molecule has 0 spiro atoms. The van der Waals surface area contributed by atoms with E-state index in [4.69, 9.17) is 0 Å². The van der Waals surface area contributed by atoms with Crippen molar-refractivity contribution in [1.82, 2.24) is 9.55 Å². The molecule has 18 heavy (non-hydrogen) atoms. The highest BCUT2D eigenvalue weighted by atomic mass is 16.4. The Hall–Kier alpha value is -2.10. The molecule has 4 nitrogen and oxygen atoms in total. The van der Waals surface area contributed by atoms with Gasteiger partial charge < -0.3 is 5.11 Å². The summed E-state index contributed by atoms with van der Waals surface area (Å²) in [6.07, 6.45) is 1.54. The van der Waals surface area contributed by atoms with Gasteiger partial charge in [0, 0.05) is 5.69 Å². The molecule has 1 aromatic carbocycles. The molecular formula is C14H16N2O2. The Morgan fingerprint density at radius 2 is 1.89 bits per heavy atom. The van der Waals surface area contributed by atoms with Gasteiger partial charge in [0.15, 0.2) is 5.69 Å². The summed E-state index contributed by atoms with van der Waals surface area (Å²) in [5.74, 6) is -0.500. The average Bonchev–Trinajstić information content (AvgIpc) is 2.71. The van der Waals surface area contributed by atoms with Gasteiger partial charge in [0.2, 0.25) is 0 Å². The van der Waals surface area contributed by atoms with Crippen LogP contribution in [-0.2, 0) is 0 Å². The molecule has 0 fully saturated rings. The van der Waals surface area contributed by atoms with Crippen LogP contribution >= 0.6 is 0 Å². The van der Waals surface area contributed by atoms with Crippen LogP contribution in [0, 0.1) is 6.92 Å². The minimum Gasteiger partial charge on any atom is -0.477 e. The third kappa shape index (κ3) is 2.14. The highest BCUT2D eigenvalue weighted by molar-refractivity contribution is 5.87. The Labute approximate surface area is 106 Å². The minimum absolute atomic E-state index is 0.215. The van der Waals surface area contributed by atoms with Crippen LogP contribution in [0.5, 0.6) is 0 Å². The van der Waals surface area contributed by atoms with Crippen LogP contribution in [0.1, 0.15) is 41.5 Å². The van der Waals surface area contributed by atoms with Crippen LogP contribution in [0.2, 0.25) is 0 Å². The van der Waals surface area contributed by atoms with Crippen LogP contribution in [0.15, 0.2) is 30.6 Å². The van der Waals surface area contributed by atoms with E-state index in [0.29, 0.717) is 11.6 Å². The first kappa shape index (κ1) is 12.4. The van der Waals surface area contributed by atoms with E-state index in [1.807, 2.05) is 24.3 Å². The monoisotopic (exact) mass is 244 g/mol. The summed E-state index contributed by atoms with van der Waals surface area (Å²) >= 11 is 0. The number of hydrogen-bond acceptors (Lipinski definition) is 2. The van der Waals surface area contributed by atoms with E-state index < -0.39 is 5.97 Å². The maximum atomic E-state index is 11.2. The van der Waals surface area contributed by atoms with Crippen molar-refractivity contribution in [3.63, 3.8) is 0 Å². The lowest BCUT2D eigenvalue weighted by atomic mass is 10.0. The summed E-state index contributed by atoms with van der Waals surface area (Å²) in [5.41, 5.74) is 2.78. The number of imidazole rings is 1. The first-order valence-electron chi connectivity index (χ1n) is 5.88. The normalized spacial score (nSPS) is 10.9. The summed E-state index contributed by atoms with van der Waals surface area (Å²) in [6, 6.07) is 7.87. The number of rotatable bonds is 3. The predicted molar refractivity (Wildman–Crippen MR) is 69.3 cm³/mol. The zero-order valence-corrected chi connectivity index (χ0v) is 10.7. The van der Waals surface area contributed by atoms with Gasteiger partial charge in [0.1, 0.15) is 6.33 Å². The second-order valence-electron chi connectivity index (χ2n) is 4.60. The van der Waals surface area contributed by atoms with Crippen LogP contribution in [-0.4, -0.2) is 20.6 Å². The van der Waals surface area contributed by atoms with Crippen molar-refractivity contribution >= 4 is 5.97 Å². The van der Waals surface area contributed by atoms with Gasteiger partial charge in [-0.2, -0.15) is 0 Å². The van der Waals surface area contributed by atoms with E-state index in [2.05, 4.69) is 18.8 Å². The van der Waals surface area contributed by atoms with Crippen molar-refractivity contribution < 1.29 is 9.90 Å². The van der Waals surface area contributed by atoms with Gasteiger partial charge in [-0.1, -0.05) is 26.0 Å². The molecule has 0 aliphatic carbocycles. The van der Waals surface area contributed by atoms with Crippen molar-refractivity contribution in [2.24, 2.45) is 0 Å². The first-order chi connectivity index (χ1) is 8.50. The molecule has 1 heterocycles. The number of carbonyl (C=O) groups is 1. The van der Waals surface area contributed by atoms with Gasteiger partial charge in [-0.3, -0.25) is 4.57 Å². The highest BCUT2D eigenvalue weighted by Crippen LogP contribution is 2.19. The number of carboxylic acids is 1. The number of hydrogen-bond donors (Lipinski definition) is 1. The van der Waals surface area contributed by atoms with E-state index in [1.54, 1.807) is 17.8 Å². The molecule has 0 radical (unpaired) electrons. The van der Waals surface area contributed by atoms with E-state index in [1.165, 1.54) is 5.56 Å². The van der Waals surface area contributed by atoms with E-state index >= 15 is 0 Å². The summed E-state index contributed by atoms with van der Waals surface area (Å²) in [7, 11) is 0. The SMILES string of the molecule is Cc1ncn(-c2ccc(C(C)C)cc2)c1C(=O)O. The van der Waals surface area contributed by atoms with E-state index in [0.717, 1.165) is 5.69 Å².